The molecule has 1 unspecified atom stereocenters. The van der Waals surface area contributed by atoms with Crippen molar-refractivity contribution in [2.45, 2.75) is 63.7 Å². The first-order valence-electron chi connectivity index (χ1n) is 8.40. The first kappa shape index (κ1) is 18.8. The molecule has 1 aliphatic carbocycles. The van der Waals surface area contributed by atoms with Gasteiger partial charge in [-0.25, -0.2) is 0 Å². The Morgan fingerprint density at radius 3 is 2.54 bits per heavy atom. The molecule has 0 aliphatic heterocycles. The van der Waals surface area contributed by atoms with Crippen molar-refractivity contribution >= 4 is 5.97 Å². The van der Waals surface area contributed by atoms with Crippen molar-refractivity contribution in [2.24, 2.45) is 5.92 Å². The minimum absolute atomic E-state index is 0.186. The van der Waals surface area contributed by atoms with Crippen molar-refractivity contribution in [1.82, 2.24) is 5.32 Å². The number of hydrogen-bond donors (Lipinski definition) is 2. The lowest BCUT2D eigenvalue weighted by Gasteiger charge is -2.29. The first-order valence-corrected chi connectivity index (χ1v) is 8.40. The van der Waals surface area contributed by atoms with Gasteiger partial charge in [0.1, 0.15) is 0 Å². The molecule has 0 spiro atoms. The Morgan fingerprint density at radius 1 is 1.29 bits per heavy atom. The summed E-state index contributed by atoms with van der Waals surface area (Å²) in [5, 5.41) is 12.5. The van der Waals surface area contributed by atoms with Crippen LogP contribution >= 0.6 is 0 Å². The van der Waals surface area contributed by atoms with E-state index in [1.807, 2.05) is 6.92 Å². The molecule has 6 heteroatoms. The summed E-state index contributed by atoms with van der Waals surface area (Å²) in [5.74, 6) is -0.950. The fourth-order valence-electron chi connectivity index (χ4n) is 3.28. The van der Waals surface area contributed by atoms with E-state index in [2.05, 4.69) is 5.32 Å². The molecule has 1 aliphatic rings. The first-order chi connectivity index (χ1) is 11.3. The van der Waals surface area contributed by atoms with E-state index in [-0.39, 0.29) is 12.0 Å². The second-order valence-electron chi connectivity index (χ2n) is 6.69. The number of alkyl halides is 3. The fourth-order valence-corrected chi connectivity index (χ4v) is 3.28. The predicted octanol–water partition coefficient (Wildman–Crippen LogP) is 4.26. The molecule has 2 N–H and O–H groups in total. The zero-order chi connectivity index (χ0) is 17.7. The Kier molecular flexibility index (Phi) is 6.27. The number of carboxylic acids is 1. The van der Waals surface area contributed by atoms with Crippen LogP contribution in [0.25, 0.3) is 0 Å². The second kappa shape index (κ2) is 8.01. The van der Waals surface area contributed by atoms with Crippen LogP contribution in [0.5, 0.6) is 0 Å². The Hall–Kier alpha value is -1.56. The van der Waals surface area contributed by atoms with Gasteiger partial charge in [0, 0.05) is 12.1 Å². The SMILES string of the molecule is CC(CCc1cccc(C(F)(F)F)c1)NC1CCC(C(=O)O)CC1. The highest BCUT2D eigenvalue weighted by atomic mass is 19.4. The van der Waals surface area contributed by atoms with Gasteiger partial charge in [0.15, 0.2) is 0 Å². The van der Waals surface area contributed by atoms with Gasteiger partial charge in [-0.15, -0.1) is 0 Å². The van der Waals surface area contributed by atoms with Gasteiger partial charge in [0.05, 0.1) is 11.5 Å². The van der Waals surface area contributed by atoms with Crippen molar-refractivity contribution in [3.63, 3.8) is 0 Å². The molecule has 1 aromatic rings. The van der Waals surface area contributed by atoms with Crippen LogP contribution in [-0.4, -0.2) is 23.2 Å². The van der Waals surface area contributed by atoms with E-state index in [9.17, 15) is 18.0 Å². The molecular weight excluding hydrogens is 319 g/mol. The van der Waals surface area contributed by atoms with Gasteiger partial charge >= 0.3 is 12.1 Å². The highest BCUT2D eigenvalue weighted by Crippen LogP contribution is 2.30. The molecule has 0 heterocycles. The third kappa shape index (κ3) is 5.51. The molecule has 1 atom stereocenters. The van der Waals surface area contributed by atoms with E-state index in [0.717, 1.165) is 25.3 Å². The average molecular weight is 343 g/mol. The van der Waals surface area contributed by atoms with Crippen LogP contribution in [0, 0.1) is 5.92 Å². The smallest absolute Gasteiger partial charge is 0.416 e. The second-order valence-corrected chi connectivity index (χ2v) is 6.69. The van der Waals surface area contributed by atoms with Gasteiger partial charge in [-0.1, -0.05) is 18.2 Å². The molecule has 1 aromatic carbocycles. The lowest BCUT2D eigenvalue weighted by Crippen LogP contribution is -2.40. The minimum atomic E-state index is -4.30. The van der Waals surface area contributed by atoms with E-state index in [4.69, 9.17) is 5.11 Å². The summed E-state index contributed by atoms with van der Waals surface area (Å²) in [5.41, 5.74) is 0.0839. The minimum Gasteiger partial charge on any atom is -0.481 e. The van der Waals surface area contributed by atoms with Crippen molar-refractivity contribution < 1.29 is 23.1 Å². The fraction of sp³-hybridized carbons (Fsp3) is 0.611. The van der Waals surface area contributed by atoms with Gasteiger partial charge in [0.2, 0.25) is 0 Å². The molecule has 1 saturated carbocycles. The molecule has 0 radical (unpaired) electrons. The highest BCUT2D eigenvalue weighted by Gasteiger charge is 2.30. The number of benzene rings is 1. The largest absolute Gasteiger partial charge is 0.481 e. The summed E-state index contributed by atoms with van der Waals surface area (Å²) < 4.78 is 38.1. The molecule has 0 bridgehead atoms. The maximum Gasteiger partial charge on any atom is 0.416 e. The predicted molar refractivity (Wildman–Crippen MR) is 85.7 cm³/mol. The van der Waals surface area contributed by atoms with Crippen LogP contribution in [0.2, 0.25) is 0 Å². The third-order valence-corrected chi connectivity index (χ3v) is 4.72. The Bertz CT molecular complexity index is 551. The quantitative estimate of drug-likeness (QED) is 0.811. The van der Waals surface area contributed by atoms with E-state index < -0.39 is 17.7 Å². The van der Waals surface area contributed by atoms with Crippen LogP contribution in [0.1, 0.15) is 50.2 Å². The summed E-state index contributed by atoms with van der Waals surface area (Å²) in [6.07, 6.45) is 0.0851. The lowest BCUT2D eigenvalue weighted by molar-refractivity contribution is -0.143. The van der Waals surface area contributed by atoms with Crippen molar-refractivity contribution in [1.29, 1.82) is 0 Å². The number of aliphatic carboxylic acids is 1. The summed E-state index contributed by atoms with van der Waals surface area (Å²) in [7, 11) is 0. The van der Waals surface area contributed by atoms with Gasteiger partial charge in [-0.05, 0) is 57.1 Å². The van der Waals surface area contributed by atoms with Crippen LogP contribution in [0.3, 0.4) is 0 Å². The molecule has 134 valence electrons. The van der Waals surface area contributed by atoms with E-state index in [1.165, 1.54) is 12.1 Å². The Labute approximate surface area is 140 Å². The van der Waals surface area contributed by atoms with Gasteiger partial charge in [0.25, 0.3) is 0 Å². The van der Waals surface area contributed by atoms with E-state index >= 15 is 0 Å². The van der Waals surface area contributed by atoms with E-state index in [1.54, 1.807) is 6.07 Å². The zero-order valence-corrected chi connectivity index (χ0v) is 13.8. The summed E-state index contributed by atoms with van der Waals surface area (Å²) in [4.78, 5) is 10.9. The zero-order valence-electron chi connectivity index (χ0n) is 13.8. The molecule has 0 saturated heterocycles. The molecule has 0 aromatic heterocycles. The molecule has 0 amide bonds. The number of carboxylic acid groups (broad SMARTS) is 1. The van der Waals surface area contributed by atoms with Gasteiger partial charge in [-0.2, -0.15) is 13.2 Å². The molecule has 24 heavy (non-hydrogen) atoms. The number of halogens is 3. The van der Waals surface area contributed by atoms with Crippen LogP contribution in [-0.2, 0) is 17.4 Å². The summed E-state index contributed by atoms with van der Waals surface area (Å²) in [6.45, 7) is 2.02. The number of aryl methyl sites for hydroxylation is 1. The maximum absolute atomic E-state index is 12.7. The summed E-state index contributed by atoms with van der Waals surface area (Å²) in [6, 6.07) is 5.96. The highest BCUT2D eigenvalue weighted by molar-refractivity contribution is 5.70. The number of carbonyl (C=O) groups is 1. The van der Waals surface area contributed by atoms with Crippen LogP contribution < -0.4 is 5.32 Å². The third-order valence-electron chi connectivity index (χ3n) is 4.72. The van der Waals surface area contributed by atoms with Crippen molar-refractivity contribution in [3.05, 3.63) is 35.4 Å². The molecule has 3 nitrogen and oxygen atoms in total. The lowest BCUT2D eigenvalue weighted by atomic mass is 9.85. The Balaban J connectivity index is 1.78. The van der Waals surface area contributed by atoms with Crippen LogP contribution in [0.15, 0.2) is 24.3 Å². The van der Waals surface area contributed by atoms with Gasteiger partial charge in [-0.3, -0.25) is 4.79 Å². The molecule has 1 fully saturated rings. The number of rotatable bonds is 6. The Morgan fingerprint density at radius 2 is 1.96 bits per heavy atom. The number of nitrogens with one attached hydrogen (secondary N) is 1. The van der Waals surface area contributed by atoms with Crippen molar-refractivity contribution in [3.8, 4) is 0 Å². The van der Waals surface area contributed by atoms with Crippen LogP contribution in [0.4, 0.5) is 13.2 Å². The summed E-state index contributed by atoms with van der Waals surface area (Å²) >= 11 is 0. The normalized spacial score (nSPS) is 23.0. The molecular formula is C18H24F3NO2. The van der Waals surface area contributed by atoms with Crippen molar-refractivity contribution in [2.75, 3.05) is 0 Å². The maximum atomic E-state index is 12.7. The topological polar surface area (TPSA) is 49.3 Å². The van der Waals surface area contributed by atoms with E-state index in [0.29, 0.717) is 30.9 Å². The monoisotopic (exact) mass is 343 g/mol. The number of hydrogen-bond acceptors (Lipinski definition) is 2. The average Bonchev–Trinajstić information content (AvgIpc) is 2.53. The molecule has 2 rings (SSSR count). The standard InChI is InChI=1S/C18H24F3NO2/c1-12(22-16-9-7-14(8-10-16)17(23)24)5-6-13-3-2-4-15(11-13)18(19,20)21/h2-4,11-12,14,16,22H,5-10H2,1H3,(H,23,24). The van der Waals surface area contributed by atoms with Gasteiger partial charge < -0.3 is 10.4 Å².